The maximum atomic E-state index is 12.6. The van der Waals surface area contributed by atoms with Crippen molar-refractivity contribution in [1.82, 2.24) is 15.1 Å². The fourth-order valence-electron chi connectivity index (χ4n) is 5.44. The quantitative estimate of drug-likeness (QED) is 0.280. The molecule has 5 atom stereocenters. The van der Waals surface area contributed by atoms with Crippen molar-refractivity contribution in [3.63, 3.8) is 0 Å². The number of β-lactam (4-membered cyclic amide) rings is 1. The minimum Gasteiger partial charge on any atom is -0.504 e. The number of aliphatic hydroxyl groups excluding tert-OH is 1. The lowest BCUT2D eigenvalue weighted by Gasteiger charge is -2.46. The molecule has 3 aliphatic rings. The van der Waals surface area contributed by atoms with E-state index in [0.29, 0.717) is 18.7 Å². The van der Waals surface area contributed by atoms with E-state index in [1.807, 2.05) is 6.92 Å². The van der Waals surface area contributed by atoms with Gasteiger partial charge in [0.05, 0.1) is 28.6 Å². The first kappa shape index (κ1) is 24.3. The Morgan fingerprint density at radius 3 is 2.65 bits per heavy atom. The van der Waals surface area contributed by atoms with Gasteiger partial charge in [-0.2, -0.15) is 0 Å². The van der Waals surface area contributed by atoms with Crippen molar-refractivity contribution < 1.29 is 34.8 Å². The molecule has 5 N–H and O–H groups in total. The highest BCUT2D eigenvalue weighted by Crippen LogP contribution is 2.47. The molecule has 0 unspecified atom stereocenters. The Labute approximate surface area is 201 Å². The summed E-state index contributed by atoms with van der Waals surface area (Å²) in [6.45, 7) is 4.77. The molecule has 2 saturated heterocycles. The van der Waals surface area contributed by atoms with Gasteiger partial charge in [0, 0.05) is 25.0 Å². The summed E-state index contributed by atoms with van der Waals surface area (Å²) in [6, 6.07) is 2.09. The lowest BCUT2D eigenvalue weighted by Crippen LogP contribution is -2.63. The number of carboxylic acid groups (broad SMARTS) is 1. The number of aliphatic carboxylic acids is 1. The van der Waals surface area contributed by atoms with Gasteiger partial charge in [-0.05, 0) is 44.0 Å². The van der Waals surface area contributed by atoms with Crippen LogP contribution in [-0.2, 0) is 9.59 Å². The van der Waals surface area contributed by atoms with Gasteiger partial charge in [0.1, 0.15) is 5.70 Å². The van der Waals surface area contributed by atoms with E-state index in [0.717, 1.165) is 12.8 Å². The zero-order chi connectivity index (χ0) is 24.9. The number of hydrogen-bond donors (Lipinski definition) is 5. The highest BCUT2D eigenvalue weighted by Gasteiger charge is 2.59. The SMILES string of the molecule is C[C@@H](O)[C@H]1C(=O)N2C(C(=O)O)=C(CN3CCC[C@H]3CNC(=O)c3ccc(O)c(O)c3Cl)[C@H](C)[C@H]12. The van der Waals surface area contributed by atoms with Crippen LogP contribution in [0.25, 0.3) is 0 Å². The van der Waals surface area contributed by atoms with Crippen molar-refractivity contribution in [3.05, 3.63) is 34.0 Å². The summed E-state index contributed by atoms with van der Waals surface area (Å²) >= 11 is 5.98. The number of carbonyl (C=O) groups excluding carboxylic acids is 2. The summed E-state index contributed by atoms with van der Waals surface area (Å²) in [5.41, 5.74) is 0.688. The highest BCUT2D eigenvalue weighted by molar-refractivity contribution is 6.35. The molecule has 0 saturated carbocycles. The number of phenolic OH excluding ortho intramolecular Hbond substituents is 2. The van der Waals surface area contributed by atoms with Crippen molar-refractivity contribution in [1.29, 1.82) is 0 Å². The molecule has 34 heavy (non-hydrogen) atoms. The zero-order valence-corrected chi connectivity index (χ0v) is 19.6. The number of halogens is 1. The number of carbonyl (C=O) groups is 3. The number of phenols is 2. The van der Waals surface area contributed by atoms with Gasteiger partial charge < -0.3 is 30.6 Å². The number of aromatic hydroxyl groups is 2. The van der Waals surface area contributed by atoms with Crippen molar-refractivity contribution in [2.24, 2.45) is 11.8 Å². The number of fused-ring (bicyclic) bond motifs is 1. The molecule has 1 aromatic carbocycles. The maximum absolute atomic E-state index is 12.6. The van der Waals surface area contributed by atoms with Crippen LogP contribution < -0.4 is 5.32 Å². The fraction of sp³-hybridized carbons (Fsp3) is 0.522. The number of carboxylic acids is 1. The summed E-state index contributed by atoms with van der Waals surface area (Å²) < 4.78 is 0. The van der Waals surface area contributed by atoms with Crippen LogP contribution in [0, 0.1) is 11.8 Å². The lowest BCUT2D eigenvalue weighted by atomic mass is 9.77. The molecule has 1 aromatic rings. The zero-order valence-electron chi connectivity index (χ0n) is 18.9. The third kappa shape index (κ3) is 3.89. The Morgan fingerprint density at radius 2 is 2.00 bits per heavy atom. The van der Waals surface area contributed by atoms with E-state index in [9.17, 15) is 34.8 Å². The average Bonchev–Trinajstić information content (AvgIpc) is 3.31. The number of amides is 2. The summed E-state index contributed by atoms with van der Waals surface area (Å²) in [4.78, 5) is 40.6. The molecule has 3 aliphatic heterocycles. The van der Waals surface area contributed by atoms with Gasteiger partial charge in [-0.1, -0.05) is 18.5 Å². The van der Waals surface area contributed by atoms with Crippen molar-refractivity contribution in [3.8, 4) is 11.5 Å². The molecule has 10 nitrogen and oxygen atoms in total. The van der Waals surface area contributed by atoms with Crippen molar-refractivity contribution in [2.45, 2.75) is 44.9 Å². The Hall–Kier alpha value is -2.82. The van der Waals surface area contributed by atoms with E-state index in [1.54, 1.807) is 6.92 Å². The minimum atomic E-state index is -1.16. The third-order valence-corrected chi connectivity index (χ3v) is 7.61. The first-order chi connectivity index (χ1) is 16.0. The molecule has 184 valence electrons. The molecule has 0 aromatic heterocycles. The normalized spacial score (nSPS) is 27.5. The van der Waals surface area contributed by atoms with E-state index in [4.69, 9.17) is 11.6 Å². The molecule has 0 spiro atoms. The number of nitrogens with one attached hydrogen (secondary N) is 1. The molecular weight excluding hydrogens is 466 g/mol. The second-order valence-corrected chi connectivity index (χ2v) is 9.58. The summed E-state index contributed by atoms with van der Waals surface area (Å²) in [5, 5.41) is 41.7. The molecule has 4 rings (SSSR count). The fourth-order valence-corrected chi connectivity index (χ4v) is 5.69. The van der Waals surface area contributed by atoms with Crippen LogP contribution in [-0.4, -0.2) is 85.8 Å². The second kappa shape index (κ2) is 9.09. The first-order valence-electron chi connectivity index (χ1n) is 11.2. The van der Waals surface area contributed by atoms with Gasteiger partial charge in [0.2, 0.25) is 5.91 Å². The van der Waals surface area contributed by atoms with Crippen molar-refractivity contribution >= 4 is 29.4 Å². The van der Waals surface area contributed by atoms with E-state index in [2.05, 4.69) is 10.2 Å². The van der Waals surface area contributed by atoms with Gasteiger partial charge in [-0.15, -0.1) is 0 Å². The number of likely N-dealkylation sites (tertiary alicyclic amines) is 1. The Bertz CT molecular complexity index is 1070. The molecule has 2 amide bonds. The largest absolute Gasteiger partial charge is 0.504 e. The standard InChI is InChI=1S/C23H28ClN3O7/c1-10-14(19(23(33)34)27-18(10)16(11(2)28)22(27)32)9-26-7-3-4-12(26)8-25-21(31)13-5-6-15(29)20(30)17(13)24/h5-6,10-12,16,18,28-30H,3-4,7-9H2,1-2H3,(H,25,31)(H,33,34)/t10-,11+,12-,16+,18+/m0/s1. The lowest BCUT2D eigenvalue weighted by molar-refractivity contribution is -0.163. The number of hydrogen-bond acceptors (Lipinski definition) is 7. The molecule has 3 heterocycles. The summed E-state index contributed by atoms with van der Waals surface area (Å²) in [6.07, 6.45) is 0.807. The van der Waals surface area contributed by atoms with Crippen LogP contribution >= 0.6 is 11.6 Å². The van der Waals surface area contributed by atoms with Gasteiger partial charge in [0.25, 0.3) is 5.91 Å². The van der Waals surface area contributed by atoms with Crippen LogP contribution in [0.15, 0.2) is 23.4 Å². The third-order valence-electron chi connectivity index (χ3n) is 7.23. The number of benzene rings is 1. The molecule has 0 radical (unpaired) electrons. The highest BCUT2D eigenvalue weighted by atomic mass is 35.5. The summed E-state index contributed by atoms with van der Waals surface area (Å²) in [7, 11) is 0. The Balaban J connectivity index is 1.47. The van der Waals surface area contributed by atoms with Crippen LogP contribution in [0.2, 0.25) is 5.02 Å². The number of aliphatic hydroxyl groups is 1. The van der Waals surface area contributed by atoms with Gasteiger partial charge >= 0.3 is 5.97 Å². The van der Waals surface area contributed by atoms with E-state index in [-0.39, 0.29) is 46.7 Å². The van der Waals surface area contributed by atoms with Crippen LogP contribution in [0.1, 0.15) is 37.0 Å². The van der Waals surface area contributed by atoms with E-state index < -0.39 is 35.4 Å². The predicted octanol–water partition coefficient (Wildman–Crippen LogP) is 1.14. The minimum absolute atomic E-state index is 0.000404. The predicted molar refractivity (Wildman–Crippen MR) is 121 cm³/mol. The average molecular weight is 494 g/mol. The Morgan fingerprint density at radius 1 is 1.29 bits per heavy atom. The summed E-state index contributed by atoms with van der Waals surface area (Å²) in [5.74, 6) is -3.82. The maximum Gasteiger partial charge on any atom is 0.352 e. The molecule has 0 aliphatic carbocycles. The van der Waals surface area contributed by atoms with Crippen LogP contribution in [0.5, 0.6) is 11.5 Å². The van der Waals surface area contributed by atoms with E-state index in [1.165, 1.54) is 17.0 Å². The number of nitrogens with zero attached hydrogens (tertiary/aromatic N) is 2. The first-order valence-corrected chi connectivity index (χ1v) is 11.6. The molecular formula is C23H28ClN3O7. The molecule has 2 fully saturated rings. The molecule has 11 heteroatoms. The monoisotopic (exact) mass is 493 g/mol. The van der Waals surface area contributed by atoms with Gasteiger partial charge in [-0.3, -0.25) is 14.5 Å². The van der Waals surface area contributed by atoms with Crippen LogP contribution in [0.4, 0.5) is 0 Å². The van der Waals surface area contributed by atoms with Gasteiger partial charge in [0.15, 0.2) is 11.5 Å². The van der Waals surface area contributed by atoms with E-state index >= 15 is 0 Å². The molecule has 0 bridgehead atoms. The Kier molecular flexibility index (Phi) is 6.50. The van der Waals surface area contributed by atoms with Crippen molar-refractivity contribution in [2.75, 3.05) is 19.6 Å². The number of rotatable bonds is 7. The van der Waals surface area contributed by atoms with Crippen LogP contribution in [0.3, 0.4) is 0 Å². The van der Waals surface area contributed by atoms with Gasteiger partial charge in [-0.25, -0.2) is 4.79 Å². The second-order valence-electron chi connectivity index (χ2n) is 9.20. The smallest absolute Gasteiger partial charge is 0.352 e. The topological polar surface area (TPSA) is 151 Å².